The van der Waals surface area contributed by atoms with Crippen LogP contribution in [0.3, 0.4) is 0 Å². The number of piperidine rings is 1. The van der Waals surface area contributed by atoms with E-state index >= 15 is 0 Å². The molecular weight excluding hydrogens is 290 g/mol. The maximum Gasteiger partial charge on any atom is 0.348 e. The van der Waals surface area contributed by atoms with Gasteiger partial charge < -0.3 is 4.90 Å². The highest BCUT2D eigenvalue weighted by Crippen LogP contribution is 2.27. The van der Waals surface area contributed by atoms with Crippen LogP contribution in [-0.4, -0.2) is 40.1 Å². The predicted molar refractivity (Wildman–Crippen MR) is 80.3 cm³/mol. The zero-order chi connectivity index (χ0) is 15.0. The second-order valence-electron chi connectivity index (χ2n) is 5.33. The molecule has 1 aromatic rings. The summed E-state index contributed by atoms with van der Waals surface area (Å²) in [5, 5.41) is 5.88. The molecule has 0 radical (unpaired) electrons. The number of imide groups is 1. The molecule has 0 aromatic heterocycles. The molecule has 3 amide bonds. The molecule has 0 spiro atoms. The second-order valence-corrected chi connectivity index (χ2v) is 5.77. The van der Waals surface area contributed by atoms with Crippen LogP contribution in [0.2, 0.25) is 5.02 Å². The Balaban J connectivity index is 1.86. The van der Waals surface area contributed by atoms with Gasteiger partial charge in [0.1, 0.15) is 6.04 Å². The number of rotatable bonds is 2. The molecule has 5 nitrogen and oxygen atoms in total. The lowest BCUT2D eigenvalue weighted by Gasteiger charge is -2.25. The van der Waals surface area contributed by atoms with Crippen LogP contribution in [0.5, 0.6) is 0 Å². The van der Waals surface area contributed by atoms with Gasteiger partial charge in [0.15, 0.2) is 0 Å². The lowest BCUT2D eigenvalue weighted by Crippen LogP contribution is -2.38. The quantitative estimate of drug-likeness (QED) is 0.623. The molecule has 3 rings (SSSR count). The topological polar surface area (TPSA) is 53.0 Å². The van der Waals surface area contributed by atoms with Gasteiger partial charge in [-0.25, -0.2) is 4.79 Å². The first-order valence-electron chi connectivity index (χ1n) is 7.03. The molecule has 0 N–H and O–H groups in total. The van der Waals surface area contributed by atoms with Crippen molar-refractivity contribution in [2.75, 3.05) is 6.54 Å². The molecule has 2 aliphatic rings. The molecule has 6 heteroatoms. The van der Waals surface area contributed by atoms with Gasteiger partial charge in [-0.3, -0.25) is 4.79 Å². The van der Waals surface area contributed by atoms with Gasteiger partial charge in [-0.1, -0.05) is 23.7 Å². The average molecular weight is 306 g/mol. The van der Waals surface area contributed by atoms with Crippen LogP contribution in [0.25, 0.3) is 0 Å². The summed E-state index contributed by atoms with van der Waals surface area (Å²) in [5.41, 5.74) is 1.46. The van der Waals surface area contributed by atoms with E-state index in [2.05, 4.69) is 5.10 Å². The minimum atomic E-state index is -0.326. The van der Waals surface area contributed by atoms with Gasteiger partial charge >= 0.3 is 6.03 Å². The minimum Gasteiger partial charge on any atom is -0.311 e. The van der Waals surface area contributed by atoms with Crippen LogP contribution in [0.1, 0.15) is 31.7 Å². The largest absolute Gasteiger partial charge is 0.348 e. The number of carbonyl (C=O) groups excluding carboxylic acids is 2. The van der Waals surface area contributed by atoms with Gasteiger partial charge in [0.25, 0.3) is 5.91 Å². The van der Waals surface area contributed by atoms with Crippen molar-refractivity contribution in [3.63, 3.8) is 0 Å². The van der Waals surface area contributed by atoms with E-state index < -0.39 is 0 Å². The molecule has 0 aliphatic carbocycles. The van der Waals surface area contributed by atoms with E-state index in [1.54, 1.807) is 24.0 Å². The maximum atomic E-state index is 12.3. The monoisotopic (exact) mass is 305 g/mol. The number of amides is 3. The smallest absolute Gasteiger partial charge is 0.311 e. The summed E-state index contributed by atoms with van der Waals surface area (Å²) in [6.07, 6.45) is 2.66. The van der Waals surface area contributed by atoms with Crippen molar-refractivity contribution in [2.45, 2.75) is 32.2 Å². The zero-order valence-corrected chi connectivity index (χ0v) is 12.5. The molecule has 0 saturated carbocycles. The Labute approximate surface area is 128 Å². The summed E-state index contributed by atoms with van der Waals surface area (Å²) in [6.45, 7) is 2.42. The molecule has 21 heavy (non-hydrogen) atoms. The number of nitrogens with zero attached hydrogens (tertiary/aromatic N) is 3. The van der Waals surface area contributed by atoms with Gasteiger partial charge in [0.2, 0.25) is 0 Å². The number of hydrogen-bond acceptors (Lipinski definition) is 3. The van der Waals surface area contributed by atoms with Crippen LogP contribution in [0.4, 0.5) is 4.79 Å². The average Bonchev–Trinajstić information content (AvgIpc) is 2.73. The number of halogens is 1. The zero-order valence-electron chi connectivity index (χ0n) is 11.8. The van der Waals surface area contributed by atoms with Gasteiger partial charge in [-0.15, -0.1) is 5.01 Å². The Hall–Kier alpha value is -1.88. The Morgan fingerprint density at radius 3 is 2.62 bits per heavy atom. The molecule has 0 bridgehead atoms. The highest BCUT2D eigenvalue weighted by molar-refractivity contribution is 6.30. The molecule has 110 valence electrons. The Kier molecular flexibility index (Phi) is 3.68. The fraction of sp³-hybridized carbons (Fsp3) is 0.400. The minimum absolute atomic E-state index is 0.215. The fourth-order valence-electron chi connectivity index (χ4n) is 2.77. The van der Waals surface area contributed by atoms with E-state index in [0.717, 1.165) is 29.8 Å². The summed E-state index contributed by atoms with van der Waals surface area (Å²) in [5.74, 6) is -0.215. The third-order valence-electron chi connectivity index (χ3n) is 3.94. The molecule has 0 unspecified atom stereocenters. The molecule has 2 aliphatic heterocycles. The number of benzene rings is 1. The Morgan fingerprint density at radius 1 is 1.24 bits per heavy atom. The van der Waals surface area contributed by atoms with Crippen molar-refractivity contribution in [1.29, 1.82) is 0 Å². The van der Waals surface area contributed by atoms with E-state index in [1.165, 1.54) is 0 Å². The number of hydrazone groups is 1. The normalized spacial score (nSPS) is 22.8. The van der Waals surface area contributed by atoms with Gasteiger partial charge in [0.05, 0.1) is 5.71 Å². The first-order valence-corrected chi connectivity index (χ1v) is 7.41. The van der Waals surface area contributed by atoms with E-state index in [9.17, 15) is 9.59 Å². The Morgan fingerprint density at radius 2 is 1.95 bits per heavy atom. The SMILES string of the molecule is C/C(=N\N1C(=O)[C@@H]2CCCCN2C1=O)c1ccc(Cl)cc1. The number of urea groups is 1. The number of hydrogen-bond donors (Lipinski definition) is 0. The van der Waals surface area contributed by atoms with E-state index in [4.69, 9.17) is 11.6 Å². The van der Waals surface area contributed by atoms with Crippen LogP contribution < -0.4 is 0 Å². The first-order chi connectivity index (χ1) is 10.1. The molecule has 2 fully saturated rings. The standard InChI is InChI=1S/C15H16ClN3O2/c1-10(11-5-7-12(16)8-6-11)17-19-14(20)13-4-2-3-9-18(13)15(19)21/h5-8,13H,2-4,9H2,1H3/b17-10+/t13-/m0/s1. The van der Waals surface area contributed by atoms with Gasteiger partial charge in [0, 0.05) is 11.6 Å². The van der Waals surface area contributed by atoms with Crippen LogP contribution in [-0.2, 0) is 4.79 Å². The maximum absolute atomic E-state index is 12.3. The van der Waals surface area contributed by atoms with Gasteiger partial charge in [-0.05, 0) is 43.9 Å². The van der Waals surface area contributed by atoms with Gasteiger partial charge in [-0.2, -0.15) is 5.10 Å². The van der Waals surface area contributed by atoms with Crippen molar-refractivity contribution >= 4 is 29.3 Å². The highest BCUT2D eigenvalue weighted by atomic mass is 35.5. The molecule has 1 aromatic carbocycles. The summed E-state index contributed by atoms with van der Waals surface area (Å²) in [6, 6.07) is 6.52. The number of carbonyl (C=O) groups is 2. The van der Waals surface area contributed by atoms with Crippen molar-refractivity contribution in [3.8, 4) is 0 Å². The molecule has 2 saturated heterocycles. The van der Waals surface area contributed by atoms with Crippen molar-refractivity contribution < 1.29 is 9.59 Å². The van der Waals surface area contributed by atoms with Crippen LogP contribution in [0.15, 0.2) is 29.4 Å². The third kappa shape index (κ3) is 2.53. The summed E-state index contributed by atoms with van der Waals surface area (Å²) >= 11 is 5.85. The Bertz CT molecular complexity index is 588. The fourth-order valence-corrected chi connectivity index (χ4v) is 2.89. The molecule has 1 atom stereocenters. The molecular formula is C15H16ClN3O2. The van der Waals surface area contributed by atoms with E-state index in [-0.39, 0.29) is 18.0 Å². The summed E-state index contributed by atoms with van der Waals surface area (Å²) < 4.78 is 0. The lowest BCUT2D eigenvalue weighted by molar-refractivity contribution is -0.128. The summed E-state index contributed by atoms with van der Waals surface area (Å²) in [4.78, 5) is 26.2. The predicted octanol–water partition coefficient (Wildman–Crippen LogP) is 2.88. The van der Waals surface area contributed by atoms with E-state index in [0.29, 0.717) is 17.3 Å². The van der Waals surface area contributed by atoms with Crippen LogP contribution >= 0.6 is 11.6 Å². The van der Waals surface area contributed by atoms with Crippen molar-refractivity contribution in [3.05, 3.63) is 34.9 Å². The van der Waals surface area contributed by atoms with Crippen molar-refractivity contribution in [2.24, 2.45) is 5.10 Å². The summed E-state index contributed by atoms with van der Waals surface area (Å²) in [7, 11) is 0. The molecule has 2 heterocycles. The van der Waals surface area contributed by atoms with Crippen molar-refractivity contribution in [1.82, 2.24) is 9.91 Å². The third-order valence-corrected chi connectivity index (χ3v) is 4.19. The first kappa shape index (κ1) is 14.1. The lowest BCUT2D eigenvalue weighted by atomic mass is 10.0. The van der Waals surface area contributed by atoms with E-state index in [1.807, 2.05) is 12.1 Å². The number of fused-ring (bicyclic) bond motifs is 1. The second kappa shape index (κ2) is 5.48. The van der Waals surface area contributed by atoms with Crippen LogP contribution in [0, 0.1) is 0 Å². The highest BCUT2D eigenvalue weighted by Gasteiger charge is 2.46.